The second-order valence-corrected chi connectivity index (χ2v) is 6.30. The Kier molecular flexibility index (Phi) is 3.28. The fourth-order valence-corrected chi connectivity index (χ4v) is 3.94. The SMILES string of the molecule is CC1CC(C)C1CCc1cccc2c1=CCCC=2. The van der Waals surface area contributed by atoms with E-state index in [2.05, 4.69) is 44.2 Å². The van der Waals surface area contributed by atoms with E-state index in [1.165, 1.54) is 42.5 Å². The van der Waals surface area contributed by atoms with Gasteiger partial charge in [0.25, 0.3) is 0 Å². The van der Waals surface area contributed by atoms with Gasteiger partial charge in [0.1, 0.15) is 0 Å². The standard InChI is InChI=1S/C18H24/c1-13-12-14(2)17(13)11-10-16-8-5-7-15-6-3-4-9-18(15)16/h5-9,13-14,17H,3-4,10-12H2,1-2H3. The van der Waals surface area contributed by atoms with Gasteiger partial charge in [-0.2, -0.15) is 0 Å². The Balaban J connectivity index is 1.78. The highest BCUT2D eigenvalue weighted by Gasteiger charge is 2.33. The first-order valence-corrected chi connectivity index (χ1v) is 7.54. The second-order valence-electron chi connectivity index (χ2n) is 6.30. The summed E-state index contributed by atoms with van der Waals surface area (Å²) in [6.07, 6.45) is 11.4. The average Bonchev–Trinajstić information content (AvgIpc) is 2.39. The smallest absolute Gasteiger partial charge is 0.0195 e. The van der Waals surface area contributed by atoms with Gasteiger partial charge in [-0.3, -0.25) is 0 Å². The first-order chi connectivity index (χ1) is 8.75. The van der Waals surface area contributed by atoms with E-state index >= 15 is 0 Å². The highest BCUT2D eigenvalue weighted by Crippen LogP contribution is 2.42. The van der Waals surface area contributed by atoms with Crippen molar-refractivity contribution >= 4 is 12.2 Å². The monoisotopic (exact) mass is 240 g/mol. The van der Waals surface area contributed by atoms with Crippen LogP contribution in [0.25, 0.3) is 12.2 Å². The summed E-state index contributed by atoms with van der Waals surface area (Å²) < 4.78 is 0. The Morgan fingerprint density at radius 3 is 2.61 bits per heavy atom. The van der Waals surface area contributed by atoms with Crippen LogP contribution in [0.3, 0.4) is 0 Å². The van der Waals surface area contributed by atoms with Crippen LogP contribution in [0.1, 0.15) is 45.1 Å². The van der Waals surface area contributed by atoms with Crippen molar-refractivity contribution in [2.24, 2.45) is 17.8 Å². The maximum atomic E-state index is 2.44. The van der Waals surface area contributed by atoms with E-state index in [9.17, 15) is 0 Å². The summed E-state index contributed by atoms with van der Waals surface area (Å²) in [6, 6.07) is 6.84. The van der Waals surface area contributed by atoms with Crippen molar-refractivity contribution in [3.05, 3.63) is 34.2 Å². The molecule has 0 aromatic heterocycles. The molecule has 0 N–H and O–H groups in total. The van der Waals surface area contributed by atoms with Crippen LogP contribution in [-0.2, 0) is 6.42 Å². The third kappa shape index (κ3) is 2.13. The Morgan fingerprint density at radius 2 is 1.83 bits per heavy atom. The highest BCUT2D eigenvalue weighted by molar-refractivity contribution is 5.41. The number of hydrogen-bond acceptors (Lipinski definition) is 0. The molecule has 0 heteroatoms. The van der Waals surface area contributed by atoms with E-state index in [0.717, 1.165) is 17.8 Å². The molecule has 0 saturated heterocycles. The molecule has 18 heavy (non-hydrogen) atoms. The van der Waals surface area contributed by atoms with E-state index in [0.29, 0.717) is 0 Å². The van der Waals surface area contributed by atoms with Crippen LogP contribution in [0.15, 0.2) is 18.2 Å². The number of hydrogen-bond donors (Lipinski definition) is 0. The lowest BCUT2D eigenvalue weighted by molar-refractivity contribution is 0.0928. The molecule has 2 aliphatic carbocycles. The molecule has 1 saturated carbocycles. The molecule has 0 heterocycles. The summed E-state index contributed by atoms with van der Waals surface area (Å²) in [5, 5.41) is 3.00. The van der Waals surface area contributed by atoms with Crippen molar-refractivity contribution in [2.45, 2.75) is 46.0 Å². The summed E-state index contributed by atoms with van der Waals surface area (Å²) >= 11 is 0. The molecule has 1 fully saturated rings. The summed E-state index contributed by atoms with van der Waals surface area (Å²) in [7, 11) is 0. The van der Waals surface area contributed by atoms with Gasteiger partial charge in [0.2, 0.25) is 0 Å². The normalized spacial score (nSPS) is 29.8. The minimum Gasteiger partial charge on any atom is -0.0764 e. The molecular formula is C18H24. The highest BCUT2D eigenvalue weighted by atomic mass is 14.4. The van der Waals surface area contributed by atoms with Crippen molar-refractivity contribution < 1.29 is 0 Å². The van der Waals surface area contributed by atoms with Gasteiger partial charge in [-0.25, -0.2) is 0 Å². The second kappa shape index (κ2) is 4.91. The van der Waals surface area contributed by atoms with Gasteiger partial charge in [0.05, 0.1) is 0 Å². The largest absolute Gasteiger partial charge is 0.0764 e. The lowest BCUT2D eigenvalue weighted by Gasteiger charge is -2.41. The molecule has 0 nitrogen and oxygen atoms in total. The van der Waals surface area contributed by atoms with Crippen molar-refractivity contribution in [1.82, 2.24) is 0 Å². The average molecular weight is 240 g/mol. The van der Waals surface area contributed by atoms with Crippen LogP contribution in [-0.4, -0.2) is 0 Å². The minimum atomic E-state index is 0.954. The Bertz CT molecular complexity index is 530. The van der Waals surface area contributed by atoms with Gasteiger partial charge < -0.3 is 0 Å². The van der Waals surface area contributed by atoms with E-state index in [1.807, 2.05) is 0 Å². The Hall–Kier alpha value is -1.04. The number of benzene rings is 1. The van der Waals surface area contributed by atoms with Crippen LogP contribution in [0.2, 0.25) is 0 Å². The van der Waals surface area contributed by atoms with Gasteiger partial charge in [0, 0.05) is 0 Å². The summed E-state index contributed by atoms with van der Waals surface area (Å²) in [5.74, 6) is 2.87. The van der Waals surface area contributed by atoms with Crippen LogP contribution in [0, 0.1) is 17.8 Å². The quantitative estimate of drug-likeness (QED) is 0.760. The number of rotatable bonds is 3. The molecule has 0 bridgehead atoms. The number of fused-ring (bicyclic) bond motifs is 1. The summed E-state index contributed by atoms with van der Waals surface area (Å²) in [5.41, 5.74) is 1.58. The zero-order valence-corrected chi connectivity index (χ0v) is 11.7. The third-order valence-corrected chi connectivity index (χ3v) is 5.06. The Labute approximate surface area is 110 Å². The predicted octanol–water partition coefficient (Wildman–Crippen LogP) is 3.27. The molecule has 2 unspecified atom stereocenters. The molecule has 0 spiro atoms. The third-order valence-electron chi connectivity index (χ3n) is 5.06. The van der Waals surface area contributed by atoms with Crippen LogP contribution >= 0.6 is 0 Å². The maximum absolute atomic E-state index is 2.44. The van der Waals surface area contributed by atoms with Gasteiger partial charge in [0.15, 0.2) is 0 Å². The molecule has 96 valence electrons. The van der Waals surface area contributed by atoms with Crippen LogP contribution in [0.4, 0.5) is 0 Å². The summed E-state index contributed by atoms with van der Waals surface area (Å²) in [6.45, 7) is 4.84. The van der Waals surface area contributed by atoms with Gasteiger partial charge in [-0.15, -0.1) is 0 Å². The van der Waals surface area contributed by atoms with Gasteiger partial charge >= 0.3 is 0 Å². The predicted molar refractivity (Wildman–Crippen MR) is 78.6 cm³/mol. The Morgan fingerprint density at radius 1 is 1.06 bits per heavy atom. The molecule has 0 radical (unpaired) electrons. The van der Waals surface area contributed by atoms with Crippen molar-refractivity contribution in [1.29, 1.82) is 0 Å². The lowest BCUT2D eigenvalue weighted by atomic mass is 9.64. The van der Waals surface area contributed by atoms with E-state index in [4.69, 9.17) is 0 Å². The fourth-order valence-electron chi connectivity index (χ4n) is 3.94. The van der Waals surface area contributed by atoms with Crippen molar-refractivity contribution in [3.63, 3.8) is 0 Å². The molecule has 1 aromatic carbocycles. The number of aryl methyl sites for hydroxylation is 1. The zero-order valence-electron chi connectivity index (χ0n) is 11.7. The van der Waals surface area contributed by atoms with Gasteiger partial charge in [-0.05, 0) is 65.9 Å². The van der Waals surface area contributed by atoms with Crippen LogP contribution in [0.5, 0.6) is 0 Å². The van der Waals surface area contributed by atoms with E-state index in [-0.39, 0.29) is 0 Å². The molecule has 0 aliphatic heterocycles. The van der Waals surface area contributed by atoms with Crippen molar-refractivity contribution in [2.75, 3.05) is 0 Å². The van der Waals surface area contributed by atoms with Crippen LogP contribution < -0.4 is 10.4 Å². The molecule has 2 atom stereocenters. The molecule has 3 rings (SSSR count). The first-order valence-electron chi connectivity index (χ1n) is 7.54. The maximum Gasteiger partial charge on any atom is -0.0195 e. The van der Waals surface area contributed by atoms with Crippen molar-refractivity contribution in [3.8, 4) is 0 Å². The minimum absolute atomic E-state index is 0.954. The van der Waals surface area contributed by atoms with Gasteiger partial charge in [-0.1, -0.05) is 44.2 Å². The topological polar surface area (TPSA) is 0 Å². The first kappa shape index (κ1) is 12.0. The molecule has 0 amide bonds. The molecule has 2 aliphatic rings. The zero-order chi connectivity index (χ0) is 12.5. The molecule has 1 aromatic rings. The fraction of sp³-hybridized carbons (Fsp3) is 0.556. The summed E-state index contributed by atoms with van der Waals surface area (Å²) in [4.78, 5) is 0. The van der Waals surface area contributed by atoms with E-state index < -0.39 is 0 Å². The molecular weight excluding hydrogens is 216 g/mol. The van der Waals surface area contributed by atoms with E-state index in [1.54, 1.807) is 5.56 Å². The lowest BCUT2D eigenvalue weighted by Crippen LogP contribution is -2.34.